The van der Waals surface area contributed by atoms with E-state index in [4.69, 9.17) is 9.47 Å². The summed E-state index contributed by atoms with van der Waals surface area (Å²) in [6.07, 6.45) is 18.2. The van der Waals surface area contributed by atoms with Crippen LogP contribution in [0.3, 0.4) is 0 Å². The predicted octanol–water partition coefficient (Wildman–Crippen LogP) is 7.78. The Hall–Kier alpha value is -6.68. The molecule has 0 N–H and O–H groups in total. The smallest absolute Gasteiger partial charge is 0.274 e. The summed E-state index contributed by atoms with van der Waals surface area (Å²) in [4.78, 5) is 47.7. The van der Waals surface area contributed by atoms with Gasteiger partial charge in [0, 0.05) is 49.0 Å². The number of benzene rings is 3. The molecule has 2 atom stereocenters. The molecule has 270 valence electrons. The highest BCUT2D eigenvalue weighted by molar-refractivity contribution is 6.14. The van der Waals surface area contributed by atoms with Gasteiger partial charge in [-0.2, -0.15) is 20.2 Å². The Bertz CT molecular complexity index is 2050. The molecule has 54 heavy (non-hydrogen) atoms. The molecule has 0 radical (unpaired) electrons. The van der Waals surface area contributed by atoms with Gasteiger partial charge in [0.25, 0.3) is 23.6 Å². The molecule has 4 amide bonds. The molecular formula is C44H38N4O6. The normalized spacial score (nSPS) is 19.2. The van der Waals surface area contributed by atoms with E-state index in [-0.39, 0.29) is 11.8 Å². The largest absolute Gasteiger partial charge is 0.461 e. The van der Waals surface area contributed by atoms with Gasteiger partial charge in [0.05, 0.1) is 11.4 Å². The van der Waals surface area contributed by atoms with Crippen LogP contribution in [-0.2, 0) is 19.2 Å². The van der Waals surface area contributed by atoms with Crippen LogP contribution >= 0.6 is 0 Å². The molecule has 3 aromatic rings. The van der Waals surface area contributed by atoms with Gasteiger partial charge in [-0.25, -0.2) is 0 Å². The molecule has 2 unspecified atom stereocenters. The van der Waals surface area contributed by atoms with Gasteiger partial charge >= 0.3 is 0 Å². The van der Waals surface area contributed by atoms with Crippen molar-refractivity contribution >= 4 is 35.1 Å². The molecule has 2 aliphatic heterocycles. The third kappa shape index (κ3) is 8.03. The van der Waals surface area contributed by atoms with Gasteiger partial charge in [0.15, 0.2) is 0 Å². The molecule has 4 aliphatic rings. The first-order valence-electron chi connectivity index (χ1n) is 17.9. The van der Waals surface area contributed by atoms with Crippen molar-refractivity contribution in [1.82, 2.24) is 10.0 Å². The zero-order valence-electron chi connectivity index (χ0n) is 29.9. The number of nitrogens with zero attached hydrogens (tertiary/aromatic N) is 4. The van der Waals surface area contributed by atoms with Crippen LogP contribution in [0.15, 0.2) is 155 Å². The summed E-state index contributed by atoms with van der Waals surface area (Å²) in [6, 6.07) is 25.1. The number of hydrogen-bond acceptors (Lipinski definition) is 8. The fourth-order valence-electron chi connectivity index (χ4n) is 6.80. The Morgan fingerprint density at radius 1 is 0.537 bits per heavy atom. The maximum atomic E-state index is 11.9. The summed E-state index contributed by atoms with van der Waals surface area (Å²) in [7, 11) is 0. The second kappa shape index (κ2) is 15.9. The minimum Gasteiger partial charge on any atom is -0.461 e. The SMILES string of the molecule is CCC(c1ccc(OC2=CC=CC(=NN3C(=O)C=CC3=O)C2)cc1)c1cccc(C(CC)c2ccc(OC3=CC=CC(=NN4C(=O)C=CC4=O)C3)cc2)c1. The minimum absolute atomic E-state index is 0.191. The molecular weight excluding hydrogens is 681 g/mol. The Balaban J connectivity index is 0.988. The number of allylic oxidation sites excluding steroid dienone is 8. The van der Waals surface area contributed by atoms with Crippen molar-refractivity contribution < 1.29 is 28.7 Å². The van der Waals surface area contributed by atoms with Gasteiger partial charge in [0.1, 0.15) is 23.0 Å². The predicted molar refractivity (Wildman–Crippen MR) is 205 cm³/mol. The summed E-state index contributed by atoms with van der Waals surface area (Å²) in [5.41, 5.74) is 5.97. The molecule has 10 nitrogen and oxygen atoms in total. The van der Waals surface area contributed by atoms with Crippen molar-refractivity contribution in [2.45, 2.75) is 51.4 Å². The lowest BCUT2D eigenvalue weighted by molar-refractivity contribution is -0.138. The van der Waals surface area contributed by atoms with E-state index in [1.54, 1.807) is 24.3 Å². The number of hydrazone groups is 2. The molecule has 2 aliphatic carbocycles. The molecule has 0 aromatic heterocycles. The van der Waals surface area contributed by atoms with Crippen LogP contribution < -0.4 is 9.47 Å². The summed E-state index contributed by atoms with van der Waals surface area (Å²) >= 11 is 0. The number of hydrogen-bond donors (Lipinski definition) is 0. The van der Waals surface area contributed by atoms with E-state index in [9.17, 15) is 19.2 Å². The third-order valence-corrected chi connectivity index (χ3v) is 9.48. The maximum Gasteiger partial charge on any atom is 0.274 e. The van der Waals surface area contributed by atoms with Crippen LogP contribution in [0.5, 0.6) is 11.5 Å². The van der Waals surface area contributed by atoms with Crippen molar-refractivity contribution in [1.29, 1.82) is 0 Å². The molecule has 3 aromatic carbocycles. The Kier molecular flexibility index (Phi) is 10.5. The van der Waals surface area contributed by atoms with Crippen molar-refractivity contribution in [3.63, 3.8) is 0 Å². The maximum absolute atomic E-state index is 11.9. The van der Waals surface area contributed by atoms with Gasteiger partial charge in [-0.1, -0.05) is 74.5 Å². The monoisotopic (exact) mass is 718 g/mol. The number of ether oxygens (including phenoxy) is 2. The first kappa shape index (κ1) is 35.7. The summed E-state index contributed by atoms with van der Waals surface area (Å²) in [6.45, 7) is 4.39. The Morgan fingerprint density at radius 3 is 1.30 bits per heavy atom. The van der Waals surface area contributed by atoms with Crippen LogP contribution in [0.25, 0.3) is 0 Å². The Labute approximate surface area is 313 Å². The van der Waals surface area contributed by atoms with E-state index in [0.717, 1.165) is 22.9 Å². The van der Waals surface area contributed by atoms with E-state index in [2.05, 4.69) is 72.6 Å². The number of imide groups is 2. The molecule has 2 heterocycles. The molecule has 0 bridgehead atoms. The van der Waals surface area contributed by atoms with E-state index < -0.39 is 23.6 Å². The average Bonchev–Trinajstić information content (AvgIpc) is 3.68. The lowest BCUT2D eigenvalue weighted by Gasteiger charge is -2.21. The fraction of sp³-hybridized carbons (Fsp3) is 0.182. The molecule has 0 saturated heterocycles. The van der Waals surface area contributed by atoms with Gasteiger partial charge in [-0.15, -0.1) is 0 Å². The molecule has 10 heteroatoms. The van der Waals surface area contributed by atoms with Crippen LogP contribution in [0.4, 0.5) is 0 Å². The van der Waals surface area contributed by atoms with Crippen LogP contribution in [0, 0.1) is 0 Å². The first-order chi connectivity index (χ1) is 26.3. The summed E-state index contributed by atoms with van der Waals surface area (Å²) in [5.74, 6) is 1.26. The van der Waals surface area contributed by atoms with Crippen molar-refractivity contribution in [2.75, 3.05) is 0 Å². The summed E-state index contributed by atoms with van der Waals surface area (Å²) in [5, 5.41) is 10.1. The molecule has 0 fully saturated rings. The highest BCUT2D eigenvalue weighted by Crippen LogP contribution is 2.35. The highest BCUT2D eigenvalue weighted by atomic mass is 16.5. The van der Waals surface area contributed by atoms with Crippen LogP contribution in [0.1, 0.15) is 73.6 Å². The van der Waals surface area contributed by atoms with Gasteiger partial charge in [-0.05, 0) is 83.7 Å². The quantitative estimate of drug-likeness (QED) is 0.177. The van der Waals surface area contributed by atoms with Gasteiger partial charge in [0.2, 0.25) is 0 Å². The lowest BCUT2D eigenvalue weighted by Crippen LogP contribution is -2.26. The fourth-order valence-corrected chi connectivity index (χ4v) is 6.80. The van der Waals surface area contributed by atoms with Crippen molar-refractivity contribution in [3.8, 4) is 11.5 Å². The number of amides is 4. The zero-order valence-corrected chi connectivity index (χ0v) is 29.9. The van der Waals surface area contributed by atoms with Crippen LogP contribution in [0.2, 0.25) is 0 Å². The molecule has 7 rings (SSSR count). The zero-order chi connectivity index (χ0) is 37.6. The topological polar surface area (TPSA) is 118 Å². The van der Waals surface area contributed by atoms with Gasteiger partial charge < -0.3 is 9.47 Å². The summed E-state index contributed by atoms with van der Waals surface area (Å²) < 4.78 is 12.3. The molecule has 0 saturated carbocycles. The lowest BCUT2D eigenvalue weighted by atomic mass is 9.84. The average molecular weight is 719 g/mol. The van der Waals surface area contributed by atoms with Gasteiger partial charge in [-0.3, -0.25) is 19.2 Å². The van der Waals surface area contributed by atoms with E-state index in [1.807, 2.05) is 36.4 Å². The second-order valence-electron chi connectivity index (χ2n) is 13.1. The van der Waals surface area contributed by atoms with E-state index in [1.165, 1.54) is 46.6 Å². The number of rotatable bonds is 12. The Morgan fingerprint density at radius 2 is 0.926 bits per heavy atom. The number of carbonyl (C=O) groups excluding carboxylic acids is 4. The second-order valence-corrected chi connectivity index (χ2v) is 13.1. The van der Waals surface area contributed by atoms with Crippen LogP contribution in [-0.4, -0.2) is 45.1 Å². The minimum atomic E-state index is -0.457. The first-order valence-corrected chi connectivity index (χ1v) is 17.9. The number of carbonyl (C=O) groups is 4. The highest BCUT2D eigenvalue weighted by Gasteiger charge is 2.25. The third-order valence-electron chi connectivity index (χ3n) is 9.48. The van der Waals surface area contributed by atoms with E-state index in [0.29, 0.717) is 47.3 Å². The van der Waals surface area contributed by atoms with Crippen molar-refractivity contribution in [3.05, 3.63) is 167 Å². The van der Waals surface area contributed by atoms with Crippen molar-refractivity contribution in [2.24, 2.45) is 10.2 Å². The van der Waals surface area contributed by atoms with E-state index >= 15 is 0 Å². The standard InChI is InChI=1S/C44H38N4O6/c1-3-39(29-14-18-35(19-15-29)53-37-12-6-10-33(27-37)45-47-41(49)22-23-42(47)50)31-8-5-9-32(26-31)40(4-2)30-16-20-36(21-17-30)54-38-13-7-11-34(28-38)46-48-43(51)24-25-44(48)52/h5-26,39-40H,3-4,27-28H2,1-2H3. The molecule has 0 spiro atoms.